The predicted octanol–water partition coefficient (Wildman–Crippen LogP) is 0.976. The van der Waals surface area contributed by atoms with Crippen LogP contribution >= 0.6 is 0 Å². The fraction of sp³-hybridized carbons (Fsp3) is 0.455. The van der Waals surface area contributed by atoms with Gasteiger partial charge in [-0.05, 0) is 5.56 Å². The van der Waals surface area contributed by atoms with Crippen molar-refractivity contribution in [2.75, 3.05) is 26.4 Å². The molecule has 0 saturated carbocycles. The molecule has 0 bridgehead atoms. The first-order chi connectivity index (χ1) is 13.7. The first kappa shape index (κ1) is 22.0. The topological polar surface area (TPSA) is 66.4 Å². The third kappa shape index (κ3) is 6.37. The summed E-state index contributed by atoms with van der Waals surface area (Å²) in [4.78, 5) is 0. The van der Waals surface area contributed by atoms with E-state index in [1.807, 2.05) is 30.3 Å². The molecule has 1 aliphatic heterocycles. The Labute approximate surface area is 166 Å². The van der Waals surface area contributed by atoms with Crippen molar-refractivity contribution in [1.29, 1.82) is 0 Å². The Morgan fingerprint density at radius 3 is 2.04 bits per heavy atom. The van der Waals surface area contributed by atoms with Crippen molar-refractivity contribution in [3.63, 3.8) is 0 Å². The maximum atomic E-state index is 10.4. The van der Waals surface area contributed by atoms with E-state index >= 15 is 0 Å². The molecular weight excluding hydrogens is 360 g/mol. The van der Waals surface area contributed by atoms with Crippen molar-refractivity contribution in [2.45, 2.75) is 37.3 Å². The third-order valence-corrected chi connectivity index (χ3v) is 4.08. The highest BCUT2D eigenvalue weighted by Gasteiger charge is 2.47. The summed E-state index contributed by atoms with van der Waals surface area (Å²) in [5, 5.41) is 10.4. The van der Waals surface area contributed by atoms with Gasteiger partial charge < -0.3 is 28.8 Å². The molecule has 6 heteroatoms. The number of aliphatic hydroxyl groups excluding tert-OH is 1. The average molecular weight is 384 g/mol. The van der Waals surface area contributed by atoms with Gasteiger partial charge in [0.1, 0.15) is 44.2 Å². The predicted molar refractivity (Wildman–Crippen MR) is 103 cm³/mol. The number of hydrogen-bond acceptors (Lipinski definition) is 6. The summed E-state index contributed by atoms with van der Waals surface area (Å²) in [6.07, 6.45) is 11.7. The SMILES string of the molecule is C#CCO[C@@H]1[C@H](OCC#C)[C@@H](O)O[C@H](COCc2ccccc2)[C@H]1OCC#C. The van der Waals surface area contributed by atoms with E-state index in [0.717, 1.165) is 5.56 Å². The fourth-order valence-corrected chi connectivity index (χ4v) is 2.90. The maximum Gasteiger partial charge on any atom is 0.184 e. The second kappa shape index (κ2) is 12.2. The maximum absolute atomic E-state index is 10.4. The van der Waals surface area contributed by atoms with Gasteiger partial charge in [0.05, 0.1) is 13.2 Å². The van der Waals surface area contributed by atoms with Crippen LogP contribution in [0.25, 0.3) is 0 Å². The number of aliphatic hydroxyl groups is 1. The molecule has 0 amide bonds. The lowest BCUT2D eigenvalue weighted by Crippen LogP contribution is -2.61. The van der Waals surface area contributed by atoms with E-state index in [0.29, 0.717) is 6.61 Å². The van der Waals surface area contributed by atoms with E-state index in [2.05, 4.69) is 17.8 Å². The van der Waals surface area contributed by atoms with Gasteiger partial charge in [0.25, 0.3) is 0 Å². The normalized spacial score (nSPS) is 26.7. The summed E-state index contributed by atoms with van der Waals surface area (Å²) in [7, 11) is 0. The van der Waals surface area contributed by atoms with Gasteiger partial charge in [0.2, 0.25) is 0 Å². The van der Waals surface area contributed by atoms with Gasteiger partial charge >= 0.3 is 0 Å². The van der Waals surface area contributed by atoms with E-state index in [1.165, 1.54) is 0 Å². The van der Waals surface area contributed by atoms with Crippen molar-refractivity contribution in [3.05, 3.63) is 35.9 Å². The summed E-state index contributed by atoms with van der Waals surface area (Å²) >= 11 is 0. The molecule has 0 aromatic heterocycles. The van der Waals surface area contributed by atoms with E-state index in [1.54, 1.807) is 0 Å². The van der Waals surface area contributed by atoms with Crippen LogP contribution in [0.5, 0.6) is 0 Å². The molecule has 1 heterocycles. The second-order valence-corrected chi connectivity index (χ2v) is 6.01. The first-order valence-corrected chi connectivity index (χ1v) is 8.81. The largest absolute Gasteiger partial charge is 0.374 e. The molecule has 0 aliphatic carbocycles. The summed E-state index contributed by atoms with van der Waals surface area (Å²) in [5.74, 6) is 7.16. The average Bonchev–Trinajstić information content (AvgIpc) is 2.71. The van der Waals surface area contributed by atoms with Crippen LogP contribution in [0.4, 0.5) is 0 Å². The first-order valence-electron chi connectivity index (χ1n) is 8.81. The Bertz CT molecular complexity index is 698. The van der Waals surface area contributed by atoms with Gasteiger partial charge in [0.15, 0.2) is 6.29 Å². The highest BCUT2D eigenvalue weighted by Crippen LogP contribution is 2.27. The van der Waals surface area contributed by atoms with Crippen LogP contribution in [0.1, 0.15) is 5.56 Å². The highest BCUT2D eigenvalue weighted by molar-refractivity contribution is 5.13. The van der Waals surface area contributed by atoms with Gasteiger partial charge in [-0.2, -0.15) is 0 Å². The van der Waals surface area contributed by atoms with Crippen LogP contribution in [0, 0.1) is 37.0 Å². The Balaban J connectivity index is 2.09. The Hall–Kier alpha value is -2.34. The van der Waals surface area contributed by atoms with Crippen LogP contribution in [0.15, 0.2) is 30.3 Å². The number of ether oxygens (including phenoxy) is 5. The Morgan fingerprint density at radius 2 is 1.43 bits per heavy atom. The van der Waals surface area contributed by atoms with Gasteiger partial charge in [-0.25, -0.2) is 0 Å². The molecule has 148 valence electrons. The summed E-state index contributed by atoms with van der Waals surface area (Å²) in [6, 6.07) is 9.68. The van der Waals surface area contributed by atoms with E-state index in [4.69, 9.17) is 43.0 Å². The summed E-state index contributed by atoms with van der Waals surface area (Å²) in [5.41, 5.74) is 1.01. The highest BCUT2D eigenvalue weighted by atomic mass is 16.7. The van der Waals surface area contributed by atoms with Crippen molar-refractivity contribution in [2.24, 2.45) is 0 Å². The minimum Gasteiger partial charge on any atom is -0.374 e. The van der Waals surface area contributed by atoms with Crippen molar-refractivity contribution in [3.8, 4) is 37.0 Å². The van der Waals surface area contributed by atoms with Gasteiger partial charge in [0, 0.05) is 0 Å². The Morgan fingerprint density at radius 1 is 0.857 bits per heavy atom. The zero-order chi connectivity index (χ0) is 20.2. The fourth-order valence-electron chi connectivity index (χ4n) is 2.90. The zero-order valence-electron chi connectivity index (χ0n) is 15.5. The third-order valence-electron chi connectivity index (χ3n) is 4.08. The molecule has 0 unspecified atom stereocenters. The number of hydrogen-bond donors (Lipinski definition) is 1. The standard InChI is InChI=1S/C22H24O6/c1-4-12-25-19-18(16-24-15-17-10-8-7-9-11-17)28-22(23)21(27-14-6-3)20(19)26-13-5-2/h1-3,7-11,18-23H,12-16H2/t18-,19-,20+,21+,22+/m1/s1. The number of rotatable bonds is 10. The van der Waals surface area contributed by atoms with Gasteiger partial charge in [-0.15, -0.1) is 19.3 Å². The Kier molecular flexibility index (Phi) is 9.55. The molecule has 0 spiro atoms. The molecule has 1 aromatic carbocycles. The molecule has 6 nitrogen and oxygen atoms in total. The molecule has 1 saturated heterocycles. The molecule has 1 fully saturated rings. The lowest BCUT2D eigenvalue weighted by atomic mass is 9.98. The molecule has 1 aromatic rings. The minimum atomic E-state index is -1.29. The molecule has 28 heavy (non-hydrogen) atoms. The molecular formula is C22H24O6. The van der Waals surface area contributed by atoms with Crippen LogP contribution in [-0.4, -0.2) is 62.2 Å². The summed E-state index contributed by atoms with van der Waals surface area (Å²) in [6.45, 7) is 0.528. The lowest BCUT2D eigenvalue weighted by Gasteiger charge is -2.43. The van der Waals surface area contributed by atoms with Crippen LogP contribution in [0.3, 0.4) is 0 Å². The molecule has 1 N–H and O–H groups in total. The van der Waals surface area contributed by atoms with Crippen LogP contribution in [-0.2, 0) is 30.3 Å². The molecule has 1 aliphatic rings. The van der Waals surface area contributed by atoms with Crippen LogP contribution in [0.2, 0.25) is 0 Å². The molecule has 5 atom stereocenters. The quantitative estimate of drug-likeness (QED) is 0.607. The van der Waals surface area contributed by atoms with Gasteiger partial charge in [-0.1, -0.05) is 48.1 Å². The number of terminal acetylenes is 3. The lowest BCUT2D eigenvalue weighted by molar-refractivity contribution is -0.307. The van der Waals surface area contributed by atoms with Crippen LogP contribution < -0.4 is 0 Å². The monoisotopic (exact) mass is 384 g/mol. The van der Waals surface area contributed by atoms with E-state index in [9.17, 15) is 5.11 Å². The number of benzene rings is 1. The van der Waals surface area contributed by atoms with Crippen molar-refractivity contribution < 1.29 is 28.8 Å². The minimum absolute atomic E-state index is 0.000800. The molecule has 2 rings (SSSR count). The van der Waals surface area contributed by atoms with E-state index < -0.39 is 30.7 Å². The van der Waals surface area contributed by atoms with Crippen molar-refractivity contribution >= 4 is 0 Å². The summed E-state index contributed by atoms with van der Waals surface area (Å²) < 4.78 is 28.4. The van der Waals surface area contributed by atoms with Crippen molar-refractivity contribution in [1.82, 2.24) is 0 Å². The van der Waals surface area contributed by atoms with E-state index in [-0.39, 0.29) is 26.4 Å². The molecule has 0 radical (unpaired) electrons. The van der Waals surface area contributed by atoms with Gasteiger partial charge in [-0.3, -0.25) is 0 Å². The second-order valence-electron chi connectivity index (χ2n) is 6.01. The zero-order valence-corrected chi connectivity index (χ0v) is 15.5. The smallest absolute Gasteiger partial charge is 0.184 e.